The van der Waals surface area contributed by atoms with Crippen LogP contribution in [0, 0.1) is 0 Å². The summed E-state index contributed by atoms with van der Waals surface area (Å²) in [4.78, 5) is 24.6. The van der Waals surface area contributed by atoms with Gasteiger partial charge in [-0.2, -0.15) is 0 Å². The second kappa shape index (κ2) is 9.14. The van der Waals surface area contributed by atoms with Crippen molar-refractivity contribution in [2.24, 2.45) is 0 Å². The van der Waals surface area contributed by atoms with Crippen LogP contribution in [0.2, 0.25) is 36.3 Å². The van der Waals surface area contributed by atoms with Crippen LogP contribution in [-0.4, -0.2) is 28.2 Å². The lowest BCUT2D eigenvalue weighted by Crippen LogP contribution is -2.45. The van der Waals surface area contributed by atoms with Crippen molar-refractivity contribution in [3.8, 4) is 11.5 Å². The number of rotatable bonds is 6. The van der Waals surface area contributed by atoms with Crippen molar-refractivity contribution in [2.45, 2.75) is 91.7 Å². The summed E-state index contributed by atoms with van der Waals surface area (Å²) in [6.07, 6.45) is 0. The molecule has 0 N–H and O–H groups in total. The predicted octanol–water partition coefficient (Wildman–Crippen LogP) is 9.17. The van der Waals surface area contributed by atoms with Crippen LogP contribution in [0.1, 0.15) is 76.1 Å². The van der Waals surface area contributed by atoms with E-state index in [9.17, 15) is 9.59 Å². The molecule has 0 bridgehead atoms. The maximum absolute atomic E-state index is 12.3. The predicted molar refractivity (Wildman–Crippen MR) is 157 cm³/mol. The lowest BCUT2D eigenvalue weighted by Gasteiger charge is -2.40. The van der Waals surface area contributed by atoms with Gasteiger partial charge in [-0.05, 0) is 85.1 Å². The molecule has 0 unspecified atom stereocenters. The molecule has 6 heteroatoms. The van der Waals surface area contributed by atoms with Gasteiger partial charge >= 0.3 is 0 Å². The molecule has 0 saturated heterocycles. The molecule has 3 rings (SSSR count). The maximum Gasteiger partial charge on any atom is 0.250 e. The number of hydrogen-bond acceptors (Lipinski definition) is 4. The first-order chi connectivity index (χ1) is 16.3. The van der Waals surface area contributed by atoms with Crippen molar-refractivity contribution in [3.05, 3.63) is 47.5 Å². The molecule has 3 aromatic rings. The normalized spacial score (nSPS) is 13.2. The summed E-state index contributed by atoms with van der Waals surface area (Å²) in [6.45, 7) is 25.5. The quantitative estimate of drug-likeness (QED) is 0.184. The van der Waals surface area contributed by atoms with Gasteiger partial charge in [-0.15, -0.1) is 0 Å². The van der Waals surface area contributed by atoms with Crippen LogP contribution < -0.4 is 8.85 Å². The third-order valence-electron chi connectivity index (χ3n) is 8.16. The largest absolute Gasteiger partial charge is 0.541 e. The van der Waals surface area contributed by atoms with E-state index in [4.69, 9.17) is 8.85 Å². The molecule has 4 nitrogen and oxygen atoms in total. The van der Waals surface area contributed by atoms with E-state index in [1.54, 1.807) is 13.8 Å². The molecule has 36 heavy (non-hydrogen) atoms. The van der Waals surface area contributed by atoms with Crippen molar-refractivity contribution in [1.29, 1.82) is 0 Å². The fourth-order valence-corrected chi connectivity index (χ4v) is 5.67. The maximum atomic E-state index is 12.3. The van der Waals surface area contributed by atoms with Crippen molar-refractivity contribution in [1.82, 2.24) is 0 Å². The molecule has 0 aliphatic rings. The van der Waals surface area contributed by atoms with Crippen molar-refractivity contribution in [2.75, 3.05) is 0 Å². The Balaban J connectivity index is 2.54. The van der Waals surface area contributed by atoms with Gasteiger partial charge in [-0.3, -0.25) is 9.59 Å². The van der Waals surface area contributed by atoms with Crippen LogP contribution in [0.5, 0.6) is 11.5 Å². The summed E-state index contributed by atoms with van der Waals surface area (Å²) in [5, 5.41) is 3.59. The Kier molecular flexibility index (Phi) is 7.14. The summed E-state index contributed by atoms with van der Waals surface area (Å²) < 4.78 is 14.1. The molecule has 0 heterocycles. The van der Waals surface area contributed by atoms with Crippen LogP contribution in [0.25, 0.3) is 21.5 Å². The standard InChI is InChI=1S/C30H42O4Si2/c1-19(31)21-13-15-23-25(17-21)26-18-22(20(2)32)14-16-24(26)28(34-36(11,12)30(6,7)8)27(23)33-35(9,10)29(3,4)5/h13-18H,1-12H3. The Morgan fingerprint density at radius 1 is 0.583 bits per heavy atom. The van der Waals surface area contributed by atoms with Gasteiger partial charge in [0.15, 0.2) is 23.1 Å². The lowest BCUT2D eigenvalue weighted by molar-refractivity contribution is 0.100. The van der Waals surface area contributed by atoms with E-state index in [2.05, 4.69) is 67.7 Å². The zero-order valence-corrected chi connectivity index (χ0v) is 26.1. The third kappa shape index (κ3) is 5.16. The van der Waals surface area contributed by atoms with Crippen molar-refractivity contribution in [3.63, 3.8) is 0 Å². The molecule has 194 valence electrons. The zero-order valence-electron chi connectivity index (χ0n) is 24.1. The first-order valence-electron chi connectivity index (χ1n) is 12.7. The number of Topliss-reactive ketones (excluding diaryl/α,β-unsaturated/α-hetero) is 2. The molecule has 3 aromatic carbocycles. The molecule has 0 aliphatic heterocycles. The second-order valence-corrected chi connectivity index (χ2v) is 22.5. The number of benzene rings is 3. The number of hydrogen-bond donors (Lipinski definition) is 0. The Hall–Kier alpha value is -2.45. The molecule has 0 amide bonds. The lowest BCUT2D eigenvalue weighted by atomic mass is 9.95. The van der Waals surface area contributed by atoms with Gasteiger partial charge in [-0.25, -0.2) is 0 Å². The Morgan fingerprint density at radius 2 is 0.889 bits per heavy atom. The topological polar surface area (TPSA) is 52.6 Å². The number of fused-ring (bicyclic) bond motifs is 3. The van der Waals surface area contributed by atoms with Crippen molar-refractivity contribution < 1.29 is 18.4 Å². The average Bonchev–Trinajstić information content (AvgIpc) is 2.73. The van der Waals surface area contributed by atoms with Gasteiger partial charge in [0, 0.05) is 21.9 Å². The molecule has 0 saturated carbocycles. The van der Waals surface area contributed by atoms with E-state index in [1.807, 2.05) is 36.4 Å². The Labute approximate surface area is 218 Å². The van der Waals surface area contributed by atoms with E-state index >= 15 is 0 Å². The first-order valence-corrected chi connectivity index (χ1v) is 18.5. The molecule has 0 fully saturated rings. The molecule has 0 aromatic heterocycles. The van der Waals surface area contributed by atoms with E-state index in [0.29, 0.717) is 11.1 Å². The number of carbonyl (C=O) groups is 2. The van der Waals surface area contributed by atoms with Crippen LogP contribution in [0.15, 0.2) is 36.4 Å². The minimum absolute atomic E-state index is 0.00115. The smallest absolute Gasteiger partial charge is 0.250 e. The van der Waals surface area contributed by atoms with Crippen molar-refractivity contribution >= 4 is 49.7 Å². The minimum atomic E-state index is -2.25. The summed E-state index contributed by atoms with van der Waals surface area (Å²) >= 11 is 0. The zero-order chi connectivity index (χ0) is 27.4. The van der Waals surface area contributed by atoms with E-state index < -0.39 is 16.6 Å². The molecule has 0 aliphatic carbocycles. The van der Waals surface area contributed by atoms with E-state index in [0.717, 1.165) is 33.0 Å². The monoisotopic (exact) mass is 522 g/mol. The highest BCUT2D eigenvalue weighted by Crippen LogP contribution is 2.50. The molecule has 0 spiro atoms. The summed E-state index contributed by atoms with van der Waals surface area (Å²) in [5.74, 6) is 1.50. The highest BCUT2D eigenvalue weighted by Gasteiger charge is 2.43. The van der Waals surface area contributed by atoms with Crippen LogP contribution in [0.4, 0.5) is 0 Å². The van der Waals surface area contributed by atoms with Gasteiger partial charge in [0.05, 0.1) is 0 Å². The van der Waals surface area contributed by atoms with E-state index in [1.165, 1.54) is 0 Å². The molecular weight excluding hydrogens is 480 g/mol. The minimum Gasteiger partial charge on any atom is -0.541 e. The SMILES string of the molecule is CC(=O)c1ccc2c(O[Si](C)(C)C(C)(C)C)c(O[Si](C)(C)C(C)(C)C)c3ccc(C(C)=O)cc3c2c1. The fourth-order valence-electron chi connectivity index (χ4n) is 3.63. The number of carbonyl (C=O) groups excluding carboxylic acids is 2. The van der Waals surface area contributed by atoms with Gasteiger partial charge in [0.2, 0.25) is 0 Å². The number of ketones is 2. The summed E-state index contributed by atoms with van der Waals surface area (Å²) in [6, 6.07) is 11.5. The fraction of sp³-hybridized carbons (Fsp3) is 0.467. The van der Waals surface area contributed by atoms with Gasteiger partial charge in [0.1, 0.15) is 0 Å². The highest BCUT2D eigenvalue weighted by molar-refractivity contribution is 6.75. The second-order valence-electron chi connectivity index (χ2n) is 13.0. The van der Waals surface area contributed by atoms with Gasteiger partial charge in [-0.1, -0.05) is 53.7 Å². The van der Waals surface area contributed by atoms with Gasteiger partial charge < -0.3 is 8.85 Å². The molecule has 0 radical (unpaired) electrons. The Morgan fingerprint density at radius 3 is 1.14 bits per heavy atom. The summed E-state index contributed by atoms with van der Waals surface area (Å²) in [5.41, 5.74) is 1.27. The highest BCUT2D eigenvalue weighted by atomic mass is 28.4. The summed E-state index contributed by atoms with van der Waals surface area (Å²) in [7, 11) is -4.51. The average molecular weight is 523 g/mol. The Bertz CT molecular complexity index is 1250. The van der Waals surface area contributed by atoms with Gasteiger partial charge in [0.25, 0.3) is 16.6 Å². The van der Waals surface area contributed by atoms with Crippen LogP contribution >= 0.6 is 0 Å². The van der Waals surface area contributed by atoms with Crippen LogP contribution in [0.3, 0.4) is 0 Å². The molecule has 0 atom stereocenters. The molecular formula is C30H42O4Si2. The first kappa shape index (κ1) is 28.1. The van der Waals surface area contributed by atoms with Crippen LogP contribution in [-0.2, 0) is 0 Å². The third-order valence-corrected chi connectivity index (χ3v) is 16.8. The van der Waals surface area contributed by atoms with E-state index in [-0.39, 0.29) is 21.6 Å².